The van der Waals surface area contributed by atoms with Gasteiger partial charge < -0.3 is 19.4 Å². The lowest BCUT2D eigenvalue weighted by Gasteiger charge is -2.14. The van der Waals surface area contributed by atoms with E-state index in [9.17, 15) is 0 Å². The van der Waals surface area contributed by atoms with Gasteiger partial charge in [-0.3, -0.25) is 4.98 Å². The maximum Gasteiger partial charge on any atom is 0.184 e. The van der Waals surface area contributed by atoms with Crippen LogP contribution in [0, 0.1) is 0 Å². The second-order valence-electron chi connectivity index (χ2n) is 5.28. The molecule has 2 heterocycles. The van der Waals surface area contributed by atoms with E-state index in [1.807, 2.05) is 6.07 Å². The van der Waals surface area contributed by atoms with Gasteiger partial charge in [0.2, 0.25) is 0 Å². The van der Waals surface area contributed by atoms with E-state index in [1.165, 1.54) is 18.5 Å². The molecule has 0 unspecified atom stereocenters. The molecule has 21 heavy (non-hydrogen) atoms. The van der Waals surface area contributed by atoms with Gasteiger partial charge >= 0.3 is 0 Å². The molecule has 1 saturated carbocycles. The fourth-order valence-corrected chi connectivity index (χ4v) is 2.43. The standard InChI is InChI=1S/C16H21N3O2/c1-20-15-7-8-17-14(16(15)21-2)11-19-9-3-4-13(19)10-18-12-5-6-12/h3-4,7-9,12,18H,5-6,10-11H2,1-2H3. The van der Waals surface area contributed by atoms with Gasteiger partial charge in [0.05, 0.1) is 20.8 Å². The lowest BCUT2D eigenvalue weighted by Crippen LogP contribution is -2.18. The Morgan fingerprint density at radius 2 is 2.14 bits per heavy atom. The minimum Gasteiger partial charge on any atom is -0.493 e. The number of methoxy groups -OCH3 is 2. The van der Waals surface area contributed by atoms with Crippen LogP contribution in [0.5, 0.6) is 11.5 Å². The van der Waals surface area contributed by atoms with Gasteiger partial charge in [-0.15, -0.1) is 0 Å². The van der Waals surface area contributed by atoms with Crippen LogP contribution in [0.25, 0.3) is 0 Å². The van der Waals surface area contributed by atoms with Crippen molar-refractivity contribution < 1.29 is 9.47 Å². The Morgan fingerprint density at radius 1 is 1.29 bits per heavy atom. The zero-order valence-electron chi connectivity index (χ0n) is 12.5. The van der Waals surface area contributed by atoms with Crippen molar-refractivity contribution in [1.82, 2.24) is 14.9 Å². The third-order valence-corrected chi connectivity index (χ3v) is 3.76. The summed E-state index contributed by atoms with van der Waals surface area (Å²) in [4.78, 5) is 4.44. The lowest BCUT2D eigenvalue weighted by atomic mass is 10.3. The third kappa shape index (κ3) is 3.19. The zero-order chi connectivity index (χ0) is 14.7. The summed E-state index contributed by atoms with van der Waals surface area (Å²) in [5.41, 5.74) is 2.13. The topological polar surface area (TPSA) is 48.3 Å². The highest BCUT2D eigenvalue weighted by molar-refractivity contribution is 5.42. The van der Waals surface area contributed by atoms with Crippen LogP contribution in [0.4, 0.5) is 0 Å². The fourth-order valence-electron chi connectivity index (χ4n) is 2.43. The Hall–Kier alpha value is -2.01. The molecule has 0 bridgehead atoms. The van der Waals surface area contributed by atoms with Gasteiger partial charge in [0.15, 0.2) is 11.5 Å². The number of nitrogens with one attached hydrogen (secondary N) is 1. The molecule has 1 aliphatic rings. The maximum absolute atomic E-state index is 5.45. The van der Waals surface area contributed by atoms with E-state index in [0.717, 1.165) is 12.2 Å². The average Bonchev–Trinajstić information content (AvgIpc) is 3.24. The summed E-state index contributed by atoms with van der Waals surface area (Å²) in [7, 11) is 3.29. The number of rotatable bonds is 7. The summed E-state index contributed by atoms with van der Waals surface area (Å²) in [5.74, 6) is 1.42. The highest BCUT2D eigenvalue weighted by atomic mass is 16.5. The van der Waals surface area contributed by atoms with Gasteiger partial charge in [-0.25, -0.2) is 0 Å². The summed E-state index contributed by atoms with van der Waals surface area (Å²) in [6.07, 6.45) is 6.42. The van der Waals surface area contributed by atoms with Gasteiger partial charge in [-0.1, -0.05) is 0 Å². The molecule has 0 saturated heterocycles. The van der Waals surface area contributed by atoms with Crippen LogP contribution >= 0.6 is 0 Å². The summed E-state index contributed by atoms with van der Waals surface area (Å²) in [6, 6.07) is 6.73. The zero-order valence-corrected chi connectivity index (χ0v) is 12.5. The van der Waals surface area contributed by atoms with Crippen molar-refractivity contribution >= 4 is 0 Å². The van der Waals surface area contributed by atoms with Crippen LogP contribution in [-0.4, -0.2) is 29.8 Å². The van der Waals surface area contributed by atoms with Crippen molar-refractivity contribution in [2.45, 2.75) is 32.0 Å². The Balaban J connectivity index is 1.78. The first-order valence-corrected chi connectivity index (χ1v) is 7.25. The maximum atomic E-state index is 5.45. The second kappa shape index (κ2) is 6.18. The Bertz CT molecular complexity index is 605. The Labute approximate surface area is 124 Å². The van der Waals surface area contributed by atoms with Gasteiger partial charge in [-0.05, 0) is 25.0 Å². The number of ether oxygens (including phenoxy) is 2. The van der Waals surface area contributed by atoms with Crippen molar-refractivity contribution in [2.24, 2.45) is 0 Å². The second-order valence-corrected chi connectivity index (χ2v) is 5.28. The minimum atomic E-state index is 0.676. The molecule has 5 nitrogen and oxygen atoms in total. The highest BCUT2D eigenvalue weighted by Gasteiger charge is 2.20. The van der Waals surface area contributed by atoms with E-state index in [1.54, 1.807) is 20.4 Å². The molecule has 3 rings (SSSR count). The van der Waals surface area contributed by atoms with E-state index < -0.39 is 0 Å². The van der Waals surface area contributed by atoms with Crippen molar-refractivity contribution in [1.29, 1.82) is 0 Å². The number of pyridine rings is 1. The van der Waals surface area contributed by atoms with Crippen LogP contribution in [-0.2, 0) is 13.1 Å². The van der Waals surface area contributed by atoms with Crippen LogP contribution in [0.2, 0.25) is 0 Å². The van der Waals surface area contributed by atoms with Crippen LogP contribution in [0.1, 0.15) is 24.2 Å². The summed E-state index contributed by atoms with van der Waals surface area (Å²) in [6.45, 7) is 1.57. The number of hydrogen-bond donors (Lipinski definition) is 1. The van der Waals surface area contributed by atoms with E-state index in [0.29, 0.717) is 24.1 Å². The minimum absolute atomic E-state index is 0.676. The number of hydrogen-bond acceptors (Lipinski definition) is 4. The molecule has 2 aromatic rings. The third-order valence-electron chi connectivity index (χ3n) is 3.76. The molecule has 0 spiro atoms. The highest BCUT2D eigenvalue weighted by Crippen LogP contribution is 2.29. The molecule has 1 aliphatic carbocycles. The van der Waals surface area contributed by atoms with E-state index in [-0.39, 0.29) is 0 Å². The lowest BCUT2D eigenvalue weighted by molar-refractivity contribution is 0.348. The molecule has 0 radical (unpaired) electrons. The number of aromatic nitrogens is 2. The first-order valence-electron chi connectivity index (χ1n) is 7.25. The number of nitrogens with zero attached hydrogens (tertiary/aromatic N) is 2. The van der Waals surface area contributed by atoms with Gasteiger partial charge in [-0.2, -0.15) is 0 Å². The quantitative estimate of drug-likeness (QED) is 0.848. The van der Waals surface area contributed by atoms with Gasteiger partial charge in [0.25, 0.3) is 0 Å². The molecule has 5 heteroatoms. The SMILES string of the molecule is COc1ccnc(Cn2cccc2CNC2CC2)c1OC. The van der Waals surface area contributed by atoms with Crippen molar-refractivity contribution in [2.75, 3.05) is 14.2 Å². The first kappa shape index (κ1) is 13.9. The van der Waals surface area contributed by atoms with Gasteiger partial charge in [0.1, 0.15) is 5.69 Å². The normalized spacial score (nSPS) is 14.2. The predicted molar refractivity (Wildman–Crippen MR) is 80.7 cm³/mol. The Morgan fingerprint density at radius 3 is 2.86 bits per heavy atom. The van der Waals surface area contributed by atoms with E-state index >= 15 is 0 Å². The summed E-state index contributed by atoms with van der Waals surface area (Å²) >= 11 is 0. The largest absolute Gasteiger partial charge is 0.493 e. The average molecular weight is 287 g/mol. The molecule has 0 amide bonds. The van der Waals surface area contributed by atoms with Crippen molar-refractivity contribution in [3.63, 3.8) is 0 Å². The van der Waals surface area contributed by atoms with Crippen LogP contribution < -0.4 is 14.8 Å². The molecule has 112 valence electrons. The molecule has 1 N–H and O–H groups in total. The van der Waals surface area contributed by atoms with Crippen molar-refractivity contribution in [3.8, 4) is 11.5 Å². The molecule has 2 aromatic heterocycles. The fraction of sp³-hybridized carbons (Fsp3) is 0.438. The molecular formula is C16H21N3O2. The molecule has 1 fully saturated rings. The molecule has 0 atom stereocenters. The smallest absolute Gasteiger partial charge is 0.184 e. The van der Waals surface area contributed by atoms with Gasteiger partial charge in [0, 0.05) is 36.7 Å². The molecular weight excluding hydrogens is 266 g/mol. The summed E-state index contributed by atoms with van der Waals surface area (Å²) < 4.78 is 13.0. The molecule has 0 aromatic carbocycles. The summed E-state index contributed by atoms with van der Waals surface area (Å²) in [5, 5.41) is 3.54. The first-order chi connectivity index (χ1) is 10.3. The molecule has 0 aliphatic heterocycles. The predicted octanol–water partition coefficient (Wildman–Crippen LogP) is 2.20. The van der Waals surface area contributed by atoms with E-state index in [4.69, 9.17) is 9.47 Å². The van der Waals surface area contributed by atoms with Crippen LogP contribution in [0.3, 0.4) is 0 Å². The monoisotopic (exact) mass is 287 g/mol. The van der Waals surface area contributed by atoms with Crippen LogP contribution in [0.15, 0.2) is 30.6 Å². The van der Waals surface area contributed by atoms with Crippen molar-refractivity contribution in [3.05, 3.63) is 42.0 Å². The Kier molecular flexibility index (Phi) is 4.10. The van der Waals surface area contributed by atoms with E-state index in [2.05, 4.69) is 33.2 Å².